The Labute approximate surface area is 184 Å². The number of carbonyl (C=O) groups is 1. The minimum atomic E-state index is -1.17. The van der Waals surface area contributed by atoms with Gasteiger partial charge in [0.1, 0.15) is 17.7 Å². The molecule has 1 N–H and O–H groups in total. The smallest absolute Gasteiger partial charge is 0.240 e. The van der Waals surface area contributed by atoms with Crippen molar-refractivity contribution in [1.29, 1.82) is 0 Å². The molecule has 0 spiro atoms. The van der Waals surface area contributed by atoms with Crippen molar-refractivity contribution >= 4 is 28.3 Å². The molecule has 2 aromatic carbocycles. The number of aromatic nitrogens is 1. The van der Waals surface area contributed by atoms with Crippen molar-refractivity contribution in [3.8, 4) is 0 Å². The Kier molecular flexibility index (Phi) is 6.41. The summed E-state index contributed by atoms with van der Waals surface area (Å²) in [5.41, 5.74) is 1.02. The number of fused-ring (bicyclic) bond motifs is 1. The molecular weight excluding hydrogens is 416 g/mol. The number of ether oxygens (including phenoxy) is 1. The zero-order valence-corrected chi connectivity index (χ0v) is 17.5. The van der Waals surface area contributed by atoms with Gasteiger partial charge in [0, 0.05) is 18.0 Å². The van der Waals surface area contributed by atoms with Crippen molar-refractivity contribution in [2.75, 3.05) is 20.3 Å². The summed E-state index contributed by atoms with van der Waals surface area (Å²) in [6.07, 6.45) is 0.357. The molecule has 32 heavy (non-hydrogen) atoms. The first-order valence-corrected chi connectivity index (χ1v) is 10.3. The highest BCUT2D eigenvalue weighted by Gasteiger charge is 2.34. The number of pyridine rings is 1. The van der Waals surface area contributed by atoms with E-state index in [2.05, 4.69) is 9.98 Å². The molecule has 1 fully saturated rings. The number of carbonyl (C=O) groups excluding carboxylic acids is 1. The summed E-state index contributed by atoms with van der Waals surface area (Å²) in [5.74, 6) is -0.781. The quantitative estimate of drug-likeness (QED) is 0.487. The van der Waals surface area contributed by atoms with Crippen LogP contribution in [0, 0.1) is 5.82 Å². The number of amides is 1. The van der Waals surface area contributed by atoms with Gasteiger partial charge in [-0.2, -0.15) is 0 Å². The zero-order chi connectivity index (χ0) is 22.7. The maximum Gasteiger partial charge on any atom is 0.240 e. The minimum Gasteiger partial charge on any atom is -0.479 e. The van der Waals surface area contributed by atoms with E-state index in [0.29, 0.717) is 11.4 Å². The van der Waals surface area contributed by atoms with E-state index in [9.17, 15) is 18.7 Å². The van der Waals surface area contributed by atoms with E-state index >= 15 is 0 Å². The summed E-state index contributed by atoms with van der Waals surface area (Å²) in [7, 11) is 1.47. The van der Waals surface area contributed by atoms with E-state index in [1.54, 1.807) is 12.3 Å². The summed E-state index contributed by atoms with van der Waals surface area (Å²) < 4.78 is 33.8. The van der Waals surface area contributed by atoms with E-state index in [1.165, 1.54) is 24.1 Å². The van der Waals surface area contributed by atoms with E-state index in [0.717, 1.165) is 10.8 Å². The lowest BCUT2D eigenvalue weighted by Gasteiger charge is -2.22. The van der Waals surface area contributed by atoms with Gasteiger partial charge in [0.2, 0.25) is 11.8 Å². The van der Waals surface area contributed by atoms with Gasteiger partial charge in [0.25, 0.3) is 0 Å². The summed E-state index contributed by atoms with van der Waals surface area (Å²) in [6.45, 7) is -0.395. The molecule has 3 aromatic rings. The third-order valence-corrected chi connectivity index (χ3v) is 5.57. The van der Waals surface area contributed by atoms with Crippen molar-refractivity contribution in [3.63, 3.8) is 0 Å². The summed E-state index contributed by atoms with van der Waals surface area (Å²) in [6, 6.07) is 13.3. The maximum absolute atomic E-state index is 14.7. The lowest BCUT2D eigenvalue weighted by Crippen LogP contribution is -2.38. The van der Waals surface area contributed by atoms with Crippen LogP contribution in [0.25, 0.3) is 10.8 Å². The molecule has 2 heterocycles. The highest BCUT2D eigenvalue weighted by molar-refractivity contribution is 6.05. The second-order valence-corrected chi connectivity index (χ2v) is 7.67. The van der Waals surface area contributed by atoms with E-state index in [4.69, 9.17) is 4.74 Å². The Hall–Kier alpha value is -3.39. The van der Waals surface area contributed by atoms with Crippen LogP contribution in [-0.2, 0) is 16.0 Å². The van der Waals surface area contributed by atoms with Gasteiger partial charge in [-0.3, -0.25) is 9.78 Å². The molecular formula is C24H23F2N3O3. The standard InChI is InChI=1S/C24H23F2N3O3/c1-32-24(23-20-5-3-2-4-15(20)8-9-27-23)28-18-7-6-16(21(26)12-18)10-22(31)29-13-17(25)11-19(29)14-30/h2-9,12,17,19,30H,10-11,13-14H2,1H3. The molecule has 1 aliphatic rings. The molecule has 1 saturated heterocycles. The second kappa shape index (κ2) is 9.40. The first-order chi connectivity index (χ1) is 15.5. The van der Waals surface area contributed by atoms with Crippen LogP contribution in [0.1, 0.15) is 17.7 Å². The van der Waals surface area contributed by atoms with Gasteiger partial charge in [0.05, 0.1) is 38.4 Å². The van der Waals surface area contributed by atoms with Crippen LogP contribution in [-0.4, -0.2) is 59.3 Å². The van der Waals surface area contributed by atoms with Crippen molar-refractivity contribution in [2.45, 2.75) is 25.1 Å². The van der Waals surface area contributed by atoms with Crippen LogP contribution < -0.4 is 0 Å². The molecule has 8 heteroatoms. The average Bonchev–Trinajstić information content (AvgIpc) is 3.19. The molecule has 4 rings (SSSR count). The number of benzene rings is 2. The number of aliphatic hydroxyl groups excluding tert-OH is 1. The first-order valence-electron chi connectivity index (χ1n) is 10.3. The van der Waals surface area contributed by atoms with Crippen LogP contribution in [0.4, 0.5) is 14.5 Å². The number of methoxy groups -OCH3 is 1. The van der Waals surface area contributed by atoms with Crippen molar-refractivity contribution < 1.29 is 23.4 Å². The number of nitrogens with zero attached hydrogens (tertiary/aromatic N) is 3. The number of aliphatic imine (C=N–C) groups is 1. The van der Waals surface area contributed by atoms with Crippen LogP contribution in [0.2, 0.25) is 0 Å². The van der Waals surface area contributed by atoms with Gasteiger partial charge in [-0.25, -0.2) is 13.8 Å². The lowest BCUT2D eigenvalue weighted by molar-refractivity contribution is -0.132. The van der Waals surface area contributed by atoms with Crippen LogP contribution in [0.15, 0.2) is 59.7 Å². The second-order valence-electron chi connectivity index (χ2n) is 7.67. The molecule has 0 radical (unpaired) electrons. The van der Waals surface area contributed by atoms with Gasteiger partial charge in [0.15, 0.2) is 0 Å². The maximum atomic E-state index is 14.7. The SMILES string of the molecule is COC(=Nc1ccc(CC(=O)N2CC(F)CC2CO)c(F)c1)c1nccc2ccccc12. The monoisotopic (exact) mass is 439 g/mol. The van der Waals surface area contributed by atoms with Gasteiger partial charge >= 0.3 is 0 Å². The summed E-state index contributed by atoms with van der Waals surface area (Å²) in [5, 5.41) is 11.2. The van der Waals surface area contributed by atoms with Crippen molar-refractivity contribution in [2.24, 2.45) is 4.99 Å². The highest BCUT2D eigenvalue weighted by atomic mass is 19.1. The Morgan fingerprint density at radius 2 is 2.09 bits per heavy atom. The number of hydrogen-bond acceptors (Lipinski definition) is 5. The third-order valence-electron chi connectivity index (χ3n) is 5.57. The normalized spacial score (nSPS) is 18.9. The predicted octanol–water partition coefficient (Wildman–Crippen LogP) is 3.57. The van der Waals surface area contributed by atoms with E-state index in [-0.39, 0.29) is 37.5 Å². The Balaban J connectivity index is 1.57. The Morgan fingerprint density at radius 3 is 2.84 bits per heavy atom. The van der Waals surface area contributed by atoms with Crippen molar-refractivity contribution in [3.05, 3.63) is 71.8 Å². The molecule has 1 aliphatic heterocycles. The van der Waals surface area contributed by atoms with Crippen LogP contribution >= 0.6 is 0 Å². The first kappa shape index (κ1) is 21.8. The molecule has 0 bridgehead atoms. The van der Waals surface area contributed by atoms with E-state index < -0.39 is 23.9 Å². The lowest BCUT2D eigenvalue weighted by atomic mass is 10.1. The number of rotatable bonds is 5. The summed E-state index contributed by atoms with van der Waals surface area (Å²) in [4.78, 5) is 22.6. The molecule has 166 valence electrons. The molecule has 0 saturated carbocycles. The van der Waals surface area contributed by atoms with Crippen molar-refractivity contribution in [1.82, 2.24) is 9.88 Å². The molecule has 2 unspecified atom stereocenters. The van der Waals surface area contributed by atoms with E-state index in [1.807, 2.05) is 30.3 Å². The van der Waals surface area contributed by atoms with Crippen LogP contribution in [0.5, 0.6) is 0 Å². The fourth-order valence-electron chi connectivity index (χ4n) is 3.95. The molecule has 1 aromatic heterocycles. The Morgan fingerprint density at radius 1 is 1.28 bits per heavy atom. The van der Waals surface area contributed by atoms with Gasteiger partial charge < -0.3 is 14.7 Å². The molecule has 6 nitrogen and oxygen atoms in total. The van der Waals surface area contributed by atoms with Gasteiger partial charge in [-0.1, -0.05) is 30.3 Å². The number of likely N-dealkylation sites (tertiary alicyclic amines) is 1. The molecule has 1 amide bonds. The van der Waals surface area contributed by atoms with Gasteiger partial charge in [-0.05, 0) is 29.1 Å². The third kappa shape index (κ3) is 4.45. The van der Waals surface area contributed by atoms with Crippen LogP contribution in [0.3, 0.4) is 0 Å². The average molecular weight is 439 g/mol. The number of hydrogen-bond donors (Lipinski definition) is 1. The van der Waals surface area contributed by atoms with Gasteiger partial charge in [-0.15, -0.1) is 0 Å². The zero-order valence-electron chi connectivity index (χ0n) is 17.5. The number of aliphatic hydroxyl groups is 1. The molecule has 2 atom stereocenters. The Bertz CT molecular complexity index is 1160. The number of halogens is 2. The fraction of sp³-hybridized carbons (Fsp3) is 0.292. The topological polar surface area (TPSA) is 75.0 Å². The summed E-state index contributed by atoms with van der Waals surface area (Å²) >= 11 is 0. The highest BCUT2D eigenvalue weighted by Crippen LogP contribution is 2.24. The minimum absolute atomic E-state index is 0.0801. The predicted molar refractivity (Wildman–Crippen MR) is 117 cm³/mol. The largest absolute Gasteiger partial charge is 0.479 e. The fourth-order valence-corrected chi connectivity index (χ4v) is 3.95. The molecule has 0 aliphatic carbocycles. The number of alkyl halides is 1.